The Hall–Kier alpha value is -1.87. The van der Waals surface area contributed by atoms with Gasteiger partial charge in [0.05, 0.1) is 5.56 Å². The molecule has 1 aliphatic rings. The first-order valence-electron chi connectivity index (χ1n) is 5.57. The molecule has 3 nitrogen and oxygen atoms in total. The van der Waals surface area contributed by atoms with Gasteiger partial charge in [-0.1, -0.05) is 24.3 Å². The maximum absolute atomic E-state index is 12.4. The molecule has 0 saturated carbocycles. The van der Waals surface area contributed by atoms with E-state index in [4.69, 9.17) is 11.6 Å². The van der Waals surface area contributed by atoms with Crippen LogP contribution in [0.3, 0.4) is 0 Å². The van der Waals surface area contributed by atoms with Crippen molar-refractivity contribution in [3.63, 3.8) is 0 Å². The van der Waals surface area contributed by atoms with Gasteiger partial charge in [-0.05, 0) is 5.56 Å². The van der Waals surface area contributed by atoms with Crippen LogP contribution in [-0.4, -0.2) is 16.1 Å². The van der Waals surface area contributed by atoms with Gasteiger partial charge in [-0.15, -0.1) is 11.6 Å². The number of rotatable bonds is 1. The molecule has 0 aliphatic heterocycles. The molecule has 90 valence electrons. The van der Waals surface area contributed by atoms with Crippen LogP contribution in [0.4, 0.5) is 0 Å². The summed E-state index contributed by atoms with van der Waals surface area (Å²) < 4.78 is 1.68. The summed E-state index contributed by atoms with van der Waals surface area (Å²) in [5.74, 6) is 0.000174. The molecule has 18 heavy (non-hydrogen) atoms. The molecular formula is C14H10ClNO2. The molecule has 4 heteroatoms. The van der Waals surface area contributed by atoms with Gasteiger partial charge in [0.2, 0.25) is 5.78 Å². The molecule has 0 spiro atoms. The van der Waals surface area contributed by atoms with E-state index in [9.17, 15) is 9.59 Å². The Morgan fingerprint density at radius 3 is 2.33 bits per heavy atom. The lowest BCUT2D eigenvalue weighted by molar-refractivity contribution is 0.0974. The third-order valence-electron chi connectivity index (χ3n) is 3.26. The summed E-state index contributed by atoms with van der Waals surface area (Å²) in [6.45, 7) is 0. The van der Waals surface area contributed by atoms with E-state index < -0.39 is 0 Å². The summed E-state index contributed by atoms with van der Waals surface area (Å²) in [5.41, 5.74) is 2.54. The molecule has 0 atom stereocenters. The Bertz CT molecular complexity index is 685. The highest BCUT2D eigenvalue weighted by Crippen LogP contribution is 2.30. The number of hydrogen-bond acceptors (Lipinski definition) is 2. The van der Waals surface area contributed by atoms with E-state index in [0.717, 1.165) is 0 Å². The van der Waals surface area contributed by atoms with Crippen LogP contribution in [0.15, 0.2) is 30.5 Å². The van der Waals surface area contributed by atoms with Crippen LogP contribution in [0.1, 0.15) is 37.5 Å². The molecule has 0 radical (unpaired) electrons. The van der Waals surface area contributed by atoms with Crippen LogP contribution in [0, 0.1) is 0 Å². The lowest BCUT2D eigenvalue weighted by Gasteiger charge is -2.16. The van der Waals surface area contributed by atoms with Crippen molar-refractivity contribution in [2.45, 2.75) is 5.88 Å². The van der Waals surface area contributed by atoms with Crippen LogP contribution in [0.2, 0.25) is 0 Å². The number of hydrogen-bond donors (Lipinski definition) is 0. The van der Waals surface area contributed by atoms with Gasteiger partial charge in [-0.25, -0.2) is 0 Å². The van der Waals surface area contributed by atoms with E-state index in [1.165, 1.54) is 0 Å². The summed E-state index contributed by atoms with van der Waals surface area (Å²) in [6, 6.07) is 6.90. The number of halogens is 1. The Morgan fingerprint density at radius 2 is 1.72 bits per heavy atom. The van der Waals surface area contributed by atoms with Gasteiger partial charge in [-0.3, -0.25) is 9.59 Å². The summed E-state index contributed by atoms with van der Waals surface area (Å²) in [4.78, 5) is 24.8. The zero-order valence-electron chi connectivity index (χ0n) is 9.74. The van der Waals surface area contributed by atoms with Gasteiger partial charge in [0.1, 0.15) is 5.69 Å². The quantitative estimate of drug-likeness (QED) is 0.630. The fraction of sp³-hybridized carbons (Fsp3) is 0.143. The summed E-state index contributed by atoms with van der Waals surface area (Å²) in [7, 11) is 1.76. The SMILES string of the molecule is Cn1cc(CCl)c2c1C(=O)c1ccccc1C2=O. The van der Waals surface area contributed by atoms with E-state index in [-0.39, 0.29) is 17.4 Å². The predicted octanol–water partition coefficient (Wildman–Crippen LogP) is 2.54. The smallest absolute Gasteiger partial charge is 0.210 e. The number of fused-ring (bicyclic) bond motifs is 2. The molecule has 1 aromatic heterocycles. The van der Waals surface area contributed by atoms with Crippen molar-refractivity contribution in [3.05, 3.63) is 58.4 Å². The van der Waals surface area contributed by atoms with Gasteiger partial charge in [-0.2, -0.15) is 0 Å². The lowest BCUT2D eigenvalue weighted by Crippen LogP contribution is -2.22. The second-order valence-electron chi connectivity index (χ2n) is 4.33. The van der Waals surface area contributed by atoms with Gasteiger partial charge in [0.25, 0.3) is 0 Å². The highest BCUT2D eigenvalue weighted by Gasteiger charge is 2.33. The highest BCUT2D eigenvalue weighted by atomic mass is 35.5. The van der Waals surface area contributed by atoms with Crippen LogP contribution in [0.25, 0.3) is 0 Å². The largest absolute Gasteiger partial charge is 0.347 e. The fourth-order valence-corrected chi connectivity index (χ4v) is 2.66. The highest BCUT2D eigenvalue weighted by molar-refractivity contribution is 6.29. The number of aromatic nitrogens is 1. The first-order chi connectivity index (χ1) is 8.65. The minimum Gasteiger partial charge on any atom is -0.347 e. The molecule has 0 unspecified atom stereocenters. The molecule has 0 saturated heterocycles. The number of alkyl halides is 1. The molecule has 3 rings (SSSR count). The van der Waals surface area contributed by atoms with Gasteiger partial charge in [0, 0.05) is 30.3 Å². The van der Waals surface area contributed by atoms with Crippen LogP contribution >= 0.6 is 11.6 Å². The minimum atomic E-state index is -0.114. The van der Waals surface area contributed by atoms with Crippen molar-refractivity contribution < 1.29 is 9.59 Å². The van der Waals surface area contributed by atoms with E-state index in [2.05, 4.69) is 0 Å². The lowest BCUT2D eigenvalue weighted by atomic mass is 9.87. The first kappa shape index (κ1) is 11.2. The van der Waals surface area contributed by atoms with Crippen molar-refractivity contribution in [3.8, 4) is 0 Å². The van der Waals surface area contributed by atoms with Crippen molar-refractivity contribution in [2.75, 3.05) is 0 Å². The zero-order valence-corrected chi connectivity index (χ0v) is 10.5. The maximum atomic E-state index is 12.4. The molecule has 0 amide bonds. The number of ketones is 2. The van der Waals surface area contributed by atoms with Crippen molar-refractivity contribution in [2.24, 2.45) is 7.05 Å². The first-order valence-corrected chi connectivity index (χ1v) is 6.11. The number of nitrogens with zero attached hydrogens (tertiary/aromatic N) is 1. The number of carbonyl (C=O) groups excluding carboxylic acids is 2. The summed E-state index contributed by atoms with van der Waals surface area (Å²) in [5, 5.41) is 0. The molecule has 1 aromatic carbocycles. The zero-order chi connectivity index (χ0) is 12.9. The number of benzene rings is 1. The van der Waals surface area contributed by atoms with E-state index in [1.54, 1.807) is 42.1 Å². The maximum Gasteiger partial charge on any atom is 0.210 e. The monoisotopic (exact) mass is 259 g/mol. The van der Waals surface area contributed by atoms with E-state index in [0.29, 0.717) is 27.9 Å². The minimum absolute atomic E-state index is 0.112. The second-order valence-corrected chi connectivity index (χ2v) is 4.59. The Kier molecular flexibility index (Phi) is 2.38. The topological polar surface area (TPSA) is 39.1 Å². The van der Waals surface area contributed by atoms with Crippen LogP contribution < -0.4 is 0 Å². The molecule has 0 bridgehead atoms. The summed E-state index contributed by atoms with van der Waals surface area (Å²) >= 11 is 5.84. The fourth-order valence-electron chi connectivity index (χ4n) is 2.46. The Labute approximate surface area is 109 Å². The third kappa shape index (κ3) is 1.31. The van der Waals surface area contributed by atoms with Crippen molar-refractivity contribution in [1.29, 1.82) is 0 Å². The van der Waals surface area contributed by atoms with Crippen LogP contribution in [-0.2, 0) is 12.9 Å². The average molecular weight is 260 g/mol. The van der Waals surface area contributed by atoms with Crippen molar-refractivity contribution >= 4 is 23.2 Å². The molecule has 0 fully saturated rings. The number of carbonyl (C=O) groups is 2. The number of aryl methyl sites for hydroxylation is 1. The van der Waals surface area contributed by atoms with Crippen molar-refractivity contribution in [1.82, 2.24) is 4.57 Å². The standard InChI is InChI=1S/C14H10ClNO2/c1-16-7-8(6-15)11-12(16)14(18)10-5-3-2-4-9(10)13(11)17/h2-5,7H,6H2,1H3. The Morgan fingerprint density at radius 1 is 1.11 bits per heavy atom. The van der Waals surface area contributed by atoms with E-state index in [1.807, 2.05) is 0 Å². The van der Waals surface area contributed by atoms with Gasteiger partial charge < -0.3 is 4.57 Å². The Balaban J connectivity index is 2.35. The predicted molar refractivity (Wildman–Crippen MR) is 68.3 cm³/mol. The van der Waals surface area contributed by atoms with Gasteiger partial charge >= 0.3 is 0 Å². The van der Waals surface area contributed by atoms with Gasteiger partial charge in [0.15, 0.2) is 5.78 Å². The molecule has 1 aliphatic carbocycles. The van der Waals surface area contributed by atoms with E-state index >= 15 is 0 Å². The third-order valence-corrected chi connectivity index (χ3v) is 3.55. The molecule has 2 aromatic rings. The second kappa shape index (κ2) is 3.82. The molecule has 1 heterocycles. The molecular weight excluding hydrogens is 250 g/mol. The normalized spacial score (nSPS) is 13.4. The van der Waals surface area contributed by atoms with Crippen LogP contribution in [0.5, 0.6) is 0 Å². The average Bonchev–Trinajstić information content (AvgIpc) is 2.73. The summed E-state index contributed by atoms with van der Waals surface area (Å²) in [6.07, 6.45) is 1.75. The molecule has 0 N–H and O–H groups in total.